The van der Waals surface area contributed by atoms with Gasteiger partial charge >= 0.3 is 51.6 Å². The zero-order chi connectivity index (χ0) is 67.2. The number of nitrogens with one attached hydrogen (secondary N) is 3. The van der Waals surface area contributed by atoms with Crippen LogP contribution < -0.4 is 63.0 Å². The number of H-pyrrole nitrogens is 1. The molecule has 12 rings (SSSR count). The predicted octanol–water partition coefficient (Wildman–Crippen LogP) is 8.03. The molecule has 0 bridgehead atoms. The standard InChI is InChI=1S/C22H30N6O3.C22H28N6O3.C22H30N6O2.CH4.2ClH.Mn.2O/c2*1-2-3-11-31-22-25-18(23)17-19(26-22)28(21(30)20(29)24-17)14-16-8-6-7-15(12-16)13-27-9-4-5-10-27;1-2-3-11-30-22-25-20(23)19-21(26-22)28(15-18(29)24-19)14-17-8-6-7-16(12-17)13-27-9-4-5-10-27;;;;;;/h6-8,12,21,30H,2-5,9-11,13-14H2,1H3,(H,24,29)(H2,23,25,26);6-8,12H,2-5,9-11,13-14H2,1H3,(H,24,29)(H2,23,25,26);6-8,12H,2-5,9-11,13-15H2,1H3,(H,24,29)(H2,23,25,26);1H4;2*1H;;;. The van der Waals surface area contributed by atoms with Crippen molar-refractivity contribution in [2.45, 2.75) is 151 Å². The molecule has 1 unspecified atom stereocenters. The number of hydrogen-bond donors (Lipinski definition) is 7. The van der Waals surface area contributed by atoms with E-state index in [0.29, 0.717) is 55.9 Å². The van der Waals surface area contributed by atoms with Crippen molar-refractivity contribution in [1.29, 1.82) is 0 Å². The summed E-state index contributed by atoms with van der Waals surface area (Å²) in [6.07, 6.45) is 11.8. The van der Waals surface area contributed by atoms with Crippen LogP contribution in [0.1, 0.15) is 139 Å². The molecule has 2 amide bonds. The Balaban J connectivity index is 0.000000224. The third kappa shape index (κ3) is 21.9. The molecule has 98 heavy (non-hydrogen) atoms. The molecule has 3 fully saturated rings. The molecule has 10 N–H and O–H groups in total. The monoisotopic (exact) mass is 1440 g/mol. The molecule has 3 saturated heterocycles. The van der Waals surface area contributed by atoms with Gasteiger partial charge in [0.1, 0.15) is 16.9 Å². The van der Waals surface area contributed by atoms with E-state index in [4.69, 9.17) is 39.1 Å². The van der Waals surface area contributed by atoms with Crippen LogP contribution >= 0.6 is 24.8 Å². The van der Waals surface area contributed by atoms with Crippen LogP contribution in [0.5, 0.6) is 18.0 Å². The average Bonchev–Trinajstić information content (AvgIpc) is 0.829. The Kier molecular flexibility index (Phi) is 31.6. The number of aromatic amines is 1. The van der Waals surface area contributed by atoms with Crippen LogP contribution in [0.15, 0.2) is 82.4 Å². The van der Waals surface area contributed by atoms with Crippen molar-refractivity contribution in [3.8, 4) is 18.0 Å². The van der Waals surface area contributed by atoms with E-state index in [2.05, 4.69) is 130 Å². The van der Waals surface area contributed by atoms with Gasteiger partial charge in [-0.15, -0.1) is 24.8 Å². The number of fused-ring (bicyclic) bond motifs is 3. The minimum absolute atomic E-state index is 0. The van der Waals surface area contributed by atoms with Gasteiger partial charge in [-0.1, -0.05) is 120 Å². The first-order chi connectivity index (χ1) is 46.1. The number of amides is 2. The second-order valence-electron chi connectivity index (χ2n) is 24.1. The molecular formula is C67H94Cl2MnN18O10. The van der Waals surface area contributed by atoms with E-state index in [9.17, 15) is 24.3 Å². The second kappa shape index (κ2) is 39.3. The topological polar surface area (TPSA) is 367 Å². The van der Waals surface area contributed by atoms with Crippen LogP contribution in [0.25, 0.3) is 11.2 Å². The third-order valence-corrected chi connectivity index (χ3v) is 16.6. The number of hydrogen-bond acceptors (Lipinski definition) is 24. The van der Waals surface area contributed by atoms with E-state index in [-0.39, 0.29) is 97.9 Å². The zero-order valence-electron chi connectivity index (χ0n) is 55.2. The number of aromatic nitrogens is 8. The van der Waals surface area contributed by atoms with Crippen LogP contribution in [-0.2, 0) is 71.3 Å². The van der Waals surface area contributed by atoms with Gasteiger partial charge in [-0.2, -0.15) is 29.9 Å². The quantitative estimate of drug-likeness (QED) is 0.0171. The minimum atomic E-state index is -1.44. The van der Waals surface area contributed by atoms with Crippen molar-refractivity contribution in [1.82, 2.24) is 54.2 Å². The molecule has 31 heteroatoms. The molecular weight excluding hydrogens is 1340 g/mol. The van der Waals surface area contributed by atoms with Crippen LogP contribution in [0.3, 0.4) is 0 Å². The van der Waals surface area contributed by atoms with Gasteiger partial charge in [0.2, 0.25) is 12.1 Å². The Bertz CT molecular complexity index is 3900. The van der Waals surface area contributed by atoms with Crippen LogP contribution in [0.2, 0.25) is 0 Å². The number of anilines is 7. The van der Waals surface area contributed by atoms with Gasteiger partial charge in [0, 0.05) is 32.7 Å². The van der Waals surface area contributed by atoms with Gasteiger partial charge in [-0.3, -0.25) is 38.4 Å². The number of unbranched alkanes of at least 4 members (excludes halogenated alkanes) is 3. The number of rotatable bonds is 24. The number of likely N-dealkylation sites (tertiary alicyclic amines) is 3. The van der Waals surface area contributed by atoms with Crippen molar-refractivity contribution in [2.24, 2.45) is 0 Å². The van der Waals surface area contributed by atoms with Crippen molar-refractivity contribution in [3.05, 3.63) is 127 Å². The summed E-state index contributed by atoms with van der Waals surface area (Å²) in [5.74, 6) is 0.706. The molecule has 9 heterocycles. The number of aliphatic hydroxyl groups excluding tert-OH is 1. The number of aliphatic hydroxyl groups is 1. The number of halogens is 2. The number of benzene rings is 3. The molecule has 28 nitrogen and oxygen atoms in total. The number of nitrogens with zero attached hydrogens (tertiary/aromatic N) is 12. The first-order valence-corrected chi connectivity index (χ1v) is 33.7. The summed E-state index contributed by atoms with van der Waals surface area (Å²) in [6, 6.07) is 25.3. The number of ether oxygens (including phenoxy) is 3. The summed E-state index contributed by atoms with van der Waals surface area (Å²) >= 11 is -1.44. The zero-order valence-corrected chi connectivity index (χ0v) is 58.0. The number of nitrogen functional groups attached to an aromatic ring is 3. The van der Waals surface area contributed by atoms with Gasteiger partial charge in [0.15, 0.2) is 34.7 Å². The van der Waals surface area contributed by atoms with E-state index in [1.54, 1.807) is 0 Å². The Hall–Kier alpha value is -8.28. The van der Waals surface area contributed by atoms with E-state index >= 15 is 0 Å². The fourth-order valence-corrected chi connectivity index (χ4v) is 11.8. The summed E-state index contributed by atoms with van der Waals surface area (Å²) in [7, 11) is 0. The molecule has 0 saturated carbocycles. The van der Waals surface area contributed by atoms with E-state index in [1.165, 1.54) is 77.8 Å². The molecule has 7 aromatic rings. The van der Waals surface area contributed by atoms with Crippen LogP contribution in [0, 0.1) is 0 Å². The van der Waals surface area contributed by atoms with Crippen LogP contribution in [-0.4, -0.2) is 143 Å². The van der Waals surface area contributed by atoms with Crippen molar-refractivity contribution in [2.75, 3.05) is 103 Å². The Morgan fingerprint density at radius 2 is 0.918 bits per heavy atom. The molecule has 5 aliphatic heterocycles. The summed E-state index contributed by atoms with van der Waals surface area (Å²) in [4.78, 5) is 88.7. The molecule has 0 spiro atoms. The summed E-state index contributed by atoms with van der Waals surface area (Å²) in [5.41, 5.74) is 24.7. The number of carbonyl (C=O) groups is 2. The second-order valence-corrected chi connectivity index (χ2v) is 24.3. The van der Waals surface area contributed by atoms with Gasteiger partial charge in [-0.05, 0) is 130 Å². The first kappa shape index (κ1) is 78.7. The summed E-state index contributed by atoms with van der Waals surface area (Å²) in [5, 5.41) is 16.0. The number of nitrogens with two attached hydrogens (primary N) is 3. The molecule has 0 radical (unpaired) electrons. The molecule has 5 aliphatic rings. The molecule has 4 aromatic heterocycles. The van der Waals surface area contributed by atoms with E-state index in [0.717, 1.165) is 101 Å². The SMILES string of the molecule is C.CCCCOc1nc(N)c2[nH]c(=O)c(=O)n(Cc3cccc(CN4CCCC4)c3)c2n1.CCCCOc1nc(N)c2c(n1)N(Cc1cccc(CN3CCCC3)c1)C(O)C(=O)N2.CCCCOc1nc(N)c2c(n1)N(Cc1cccc(CN3CCCC3)c1)CC(=O)N2.Cl.Cl.[O]=[Mn]=[O]. The Morgan fingerprint density at radius 1 is 0.531 bits per heavy atom. The summed E-state index contributed by atoms with van der Waals surface area (Å²) < 4.78 is 35.0. The fraction of sp³-hybridized carbons (Fsp3) is 0.493. The normalized spacial score (nSPS) is 15.6. The Morgan fingerprint density at radius 3 is 1.37 bits per heavy atom. The predicted molar refractivity (Wildman–Crippen MR) is 378 cm³/mol. The fourth-order valence-electron chi connectivity index (χ4n) is 11.8. The molecule has 0 aliphatic carbocycles. The third-order valence-electron chi connectivity index (χ3n) is 16.6. The molecule has 3 aromatic carbocycles. The maximum atomic E-state index is 12.7. The average molecular weight is 1440 g/mol. The molecule has 1 atom stereocenters. The number of carbonyl (C=O) groups excluding carboxylic acids is 2. The van der Waals surface area contributed by atoms with Crippen molar-refractivity contribution in [3.63, 3.8) is 0 Å². The van der Waals surface area contributed by atoms with Gasteiger partial charge in [-0.25, -0.2) is 0 Å². The maximum absolute atomic E-state index is 12.7. The van der Waals surface area contributed by atoms with Crippen LogP contribution in [0.4, 0.5) is 40.5 Å². The van der Waals surface area contributed by atoms with E-state index < -0.39 is 38.1 Å². The first-order valence-electron chi connectivity index (χ1n) is 32.8. The van der Waals surface area contributed by atoms with Gasteiger partial charge in [0.25, 0.3) is 5.91 Å². The molecule has 533 valence electrons. The van der Waals surface area contributed by atoms with Crippen molar-refractivity contribution >= 4 is 88.3 Å². The summed E-state index contributed by atoms with van der Waals surface area (Å²) in [6.45, 7) is 18.5. The van der Waals surface area contributed by atoms with Gasteiger partial charge in [0.05, 0.1) is 32.9 Å². The van der Waals surface area contributed by atoms with Gasteiger partial charge < -0.3 is 61.9 Å². The Labute approximate surface area is 589 Å². The van der Waals surface area contributed by atoms with E-state index in [1.807, 2.05) is 29.2 Å². The van der Waals surface area contributed by atoms with Crippen molar-refractivity contribution < 1.29 is 51.4 Å².